The first-order valence-corrected chi connectivity index (χ1v) is 16.1. The van der Waals surface area contributed by atoms with Gasteiger partial charge in [-0.15, -0.1) is 0 Å². The van der Waals surface area contributed by atoms with Gasteiger partial charge >= 0.3 is 0 Å². The monoisotopic (exact) mass is 617 g/mol. The number of aryl methyl sites for hydroxylation is 1. The van der Waals surface area contributed by atoms with E-state index in [4.69, 9.17) is 9.98 Å². The fraction of sp³-hybridized carbons (Fsp3) is 0.500. The smallest absolute Gasteiger partial charge is 0.153 e. The van der Waals surface area contributed by atoms with Crippen molar-refractivity contribution < 1.29 is 8.78 Å². The first-order valence-electron chi connectivity index (χ1n) is 16.1. The molecule has 2 saturated carbocycles. The Morgan fingerprint density at radius 2 is 1.82 bits per heavy atom. The molecule has 0 atom stereocenters. The number of nitriles is 1. The van der Waals surface area contributed by atoms with Crippen molar-refractivity contribution in [1.29, 1.82) is 5.26 Å². The third kappa shape index (κ3) is 8.36. The van der Waals surface area contributed by atoms with Crippen molar-refractivity contribution in [3.8, 4) is 6.07 Å². The van der Waals surface area contributed by atoms with Crippen LogP contribution in [0, 0.1) is 41.7 Å². The normalized spacial score (nSPS) is 17.3. The zero-order valence-corrected chi connectivity index (χ0v) is 28.6. The van der Waals surface area contributed by atoms with Crippen molar-refractivity contribution in [1.82, 2.24) is 10.2 Å². The summed E-state index contributed by atoms with van der Waals surface area (Å²) in [6, 6.07) is 6.68. The maximum absolute atomic E-state index is 15.5. The van der Waals surface area contributed by atoms with Crippen molar-refractivity contribution in [3.63, 3.8) is 0 Å². The number of aliphatic imine (C=N–C) groups is 2. The van der Waals surface area contributed by atoms with Crippen LogP contribution in [0.15, 0.2) is 62.5 Å². The lowest BCUT2D eigenvalue weighted by molar-refractivity contribution is 0.579. The first-order chi connectivity index (χ1) is 21.4. The number of aromatic amines is 1. The van der Waals surface area contributed by atoms with Crippen molar-refractivity contribution in [3.05, 3.63) is 75.4 Å². The summed E-state index contributed by atoms with van der Waals surface area (Å²) < 4.78 is 30.9. The lowest BCUT2D eigenvalue weighted by atomic mass is 9.92. The molecule has 0 radical (unpaired) electrons. The summed E-state index contributed by atoms with van der Waals surface area (Å²) in [6.45, 7) is 18.1. The van der Waals surface area contributed by atoms with Gasteiger partial charge in [0.1, 0.15) is 29.0 Å². The Morgan fingerprint density at radius 3 is 2.27 bits per heavy atom. The Balaban J connectivity index is 0.00000271. The molecule has 1 heterocycles. The molecule has 0 bridgehead atoms. The molecule has 9 heteroatoms. The molecular weight excluding hydrogens is 568 g/mol. The van der Waals surface area contributed by atoms with Crippen molar-refractivity contribution in [2.45, 2.75) is 99.8 Å². The second kappa shape index (κ2) is 15.3. The highest BCUT2D eigenvalue weighted by molar-refractivity contribution is 5.96. The Labute approximate surface area is 267 Å². The van der Waals surface area contributed by atoms with E-state index in [1.54, 1.807) is 14.0 Å². The van der Waals surface area contributed by atoms with E-state index in [1.807, 2.05) is 46.1 Å². The summed E-state index contributed by atoms with van der Waals surface area (Å²) in [5.41, 5.74) is 4.37. The molecular formula is C36H49F2N7. The summed E-state index contributed by atoms with van der Waals surface area (Å²) in [7, 11) is 1.60. The third-order valence-corrected chi connectivity index (χ3v) is 8.09. The van der Waals surface area contributed by atoms with Crippen LogP contribution in [0.1, 0.15) is 98.8 Å². The number of halogens is 2. The maximum Gasteiger partial charge on any atom is 0.153 e. The van der Waals surface area contributed by atoms with Crippen molar-refractivity contribution in [2.24, 2.45) is 21.8 Å². The first kappa shape index (κ1) is 35.4. The Hall–Kier alpha value is -4.06. The van der Waals surface area contributed by atoms with Gasteiger partial charge in [-0.1, -0.05) is 46.3 Å². The van der Waals surface area contributed by atoms with E-state index < -0.39 is 17.0 Å². The summed E-state index contributed by atoms with van der Waals surface area (Å²) in [5.74, 6) is 0.639. The predicted molar refractivity (Wildman–Crippen MR) is 183 cm³/mol. The number of H-pyrrole nitrogens is 1. The summed E-state index contributed by atoms with van der Waals surface area (Å²) >= 11 is 0. The number of nitrogens with one attached hydrogen (secondary N) is 2. The highest BCUT2D eigenvalue weighted by Crippen LogP contribution is 2.49. The van der Waals surface area contributed by atoms with Crippen LogP contribution in [0.3, 0.4) is 0 Å². The standard InChI is InChI=1S/C34H43F2N7.C2H6/c1-9-21(5)30(28(10-2)38-18-20(3)4)31(24-11-12-24)33(40-29-15-22(6)41-42-29)39-23(7)43(8)32-26(35)16-25(17-27(32)36)34(19-37)13-14-34;1-2/h10,15-18,20,24H,9,11-14H2,1-8H3,(H2,40,41,42);1-2H3/b28-10-,30-21+,33-31+,38-18?,39-23+;. The van der Waals surface area contributed by atoms with Gasteiger partial charge in [-0.3, -0.25) is 10.1 Å². The molecule has 0 aliphatic heterocycles. The minimum absolute atomic E-state index is 0.210. The van der Waals surface area contributed by atoms with Crippen LogP contribution in [0.25, 0.3) is 0 Å². The van der Waals surface area contributed by atoms with Crippen LogP contribution in [0.4, 0.5) is 20.3 Å². The molecule has 2 aliphatic rings. The average molecular weight is 618 g/mol. The lowest BCUT2D eigenvalue weighted by Gasteiger charge is -2.24. The average Bonchev–Trinajstić information content (AvgIpc) is 3.95. The van der Waals surface area contributed by atoms with Gasteiger partial charge in [-0.05, 0) is 89.3 Å². The molecule has 1 aromatic heterocycles. The number of nitrogens with zero attached hydrogens (tertiary/aromatic N) is 5. The number of allylic oxidation sites excluding steroid dienone is 3. The number of aromatic nitrogens is 2. The number of hydrogen-bond donors (Lipinski definition) is 2. The van der Waals surface area contributed by atoms with E-state index >= 15 is 8.78 Å². The Kier molecular flexibility index (Phi) is 12.0. The van der Waals surface area contributed by atoms with Gasteiger partial charge in [-0.25, -0.2) is 13.8 Å². The minimum atomic E-state index is -0.787. The van der Waals surface area contributed by atoms with E-state index in [0.717, 1.165) is 41.8 Å². The summed E-state index contributed by atoms with van der Waals surface area (Å²) in [6.07, 6.45) is 8.01. The van der Waals surface area contributed by atoms with Gasteiger partial charge in [0, 0.05) is 36.2 Å². The predicted octanol–water partition coefficient (Wildman–Crippen LogP) is 9.52. The number of hydrogen-bond acceptors (Lipinski definition) is 5. The van der Waals surface area contributed by atoms with Crippen molar-refractivity contribution >= 4 is 23.6 Å². The van der Waals surface area contributed by atoms with E-state index in [9.17, 15) is 5.26 Å². The van der Waals surface area contributed by atoms with Crippen LogP contribution < -0.4 is 10.2 Å². The molecule has 4 rings (SSSR count). The van der Waals surface area contributed by atoms with Gasteiger partial charge in [0.05, 0.1) is 17.2 Å². The zero-order valence-electron chi connectivity index (χ0n) is 28.6. The van der Waals surface area contributed by atoms with Gasteiger partial charge in [-0.2, -0.15) is 10.4 Å². The van der Waals surface area contributed by atoms with E-state index in [-0.39, 0.29) is 17.5 Å². The van der Waals surface area contributed by atoms with Gasteiger partial charge in [0.2, 0.25) is 0 Å². The van der Waals surface area contributed by atoms with Crippen LogP contribution in [-0.4, -0.2) is 29.3 Å². The number of rotatable bonds is 11. The lowest BCUT2D eigenvalue weighted by Crippen LogP contribution is -2.27. The molecule has 1 aromatic carbocycles. The third-order valence-electron chi connectivity index (χ3n) is 8.09. The molecule has 2 aromatic rings. The second-order valence-electron chi connectivity index (χ2n) is 12.0. The minimum Gasteiger partial charge on any atom is -0.328 e. The van der Waals surface area contributed by atoms with Crippen LogP contribution in [0.2, 0.25) is 0 Å². The Bertz CT molecular complexity index is 1530. The van der Waals surface area contributed by atoms with Gasteiger partial charge in [0.15, 0.2) is 5.82 Å². The highest BCUT2D eigenvalue weighted by atomic mass is 19.1. The quantitative estimate of drug-likeness (QED) is 0.149. The fourth-order valence-electron chi connectivity index (χ4n) is 5.07. The molecule has 0 unspecified atom stereocenters. The number of benzene rings is 1. The fourth-order valence-corrected chi connectivity index (χ4v) is 5.07. The van der Waals surface area contributed by atoms with E-state index in [1.165, 1.54) is 22.6 Å². The topological polar surface area (TPSA) is 92.5 Å². The summed E-state index contributed by atoms with van der Waals surface area (Å²) in [5, 5.41) is 20.3. The van der Waals surface area contributed by atoms with E-state index in [2.05, 4.69) is 49.3 Å². The Morgan fingerprint density at radius 1 is 1.20 bits per heavy atom. The molecule has 7 nitrogen and oxygen atoms in total. The van der Waals surface area contributed by atoms with E-state index in [0.29, 0.717) is 35.9 Å². The number of amidine groups is 1. The van der Waals surface area contributed by atoms with Gasteiger partial charge in [0.25, 0.3) is 0 Å². The molecule has 45 heavy (non-hydrogen) atoms. The van der Waals surface area contributed by atoms with Gasteiger partial charge < -0.3 is 10.2 Å². The maximum atomic E-state index is 15.5. The largest absolute Gasteiger partial charge is 0.328 e. The van der Waals surface area contributed by atoms with Crippen LogP contribution in [0.5, 0.6) is 0 Å². The highest BCUT2D eigenvalue weighted by Gasteiger charge is 2.45. The molecule has 0 amide bonds. The summed E-state index contributed by atoms with van der Waals surface area (Å²) in [4.78, 5) is 11.3. The number of anilines is 2. The van der Waals surface area contributed by atoms with Crippen molar-refractivity contribution in [2.75, 3.05) is 17.3 Å². The zero-order chi connectivity index (χ0) is 33.5. The molecule has 0 spiro atoms. The molecule has 0 saturated heterocycles. The molecule has 2 fully saturated rings. The SMILES string of the molecule is C/C=C(N=CC(C)C)/C(=C(/C)CC)C(=C(\N=C(/C)N(C)c1c(F)cc(C2(C#N)CC2)cc1F)Nc1cc(C)[nH]n1)/C1CC1.CC. The molecule has 242 valence electrons. The molecule has 2 aliphatic carbocycles. The van der Waals surface area contributed by atoms with Crippen LogP contribution >= 0.6 is 0 Å². The molecule has 2 N–H and O–H groups in total. The van der Waals surface area contributed by atoms with Crippen LogP contribution in [-0.2, 0) is 5.41 Å². The second-order valence-corrected chi connectivity index (χ2v) is 12.0.